The molecule has 4 aromatic rings. The summed E-state index contributed by atoms with van der Waals surface area (Å²) in [7, 11) is 4.77. The van der Waals surface area contributed by atoms with Crippen LogP contribution >= 0.6 is 0 Å². The van der Waals surface area contributed by atoms with Crippen LogP contribution in [0.25, 0.3) is 10.8 Å². The molecule has 0 aliphatic rings. The predicted molar refractivity (Wildman–Crippen MR) is 128 cm³/mol. The Labute approximate surface area is 188 Å². The van der Waals surface area contributed by atoms with E-state index in [1.54, 1.807) is 21.3 Å². The van der Waals surface area contributed by atoms with Gasteiger partial charge in [-0.2, -0.15) is 0 Å². The van der Waals surface area contributed by atoms with Gasteiger partial charge in [0.05, 0.1) is 21.3 Å². The van der Waals surface area contributed by atoms with E-state index in [2.05, 4.69) is 47.9 Å². The van der Waals surface area contributed by atoms with Crippen LogP contribution in [0.1, 0.15) is 22.3 Å². The number of ether oxygens (including phenoxy) is 3. The van der Waals surface area contributed by atoms with Crippen molar-refractivity contribution in [3.63, 3.8) is 0 Å². The molecule has 4 rings (SSSR count). The molecule has 0 heterocycles. The molecule has 0 aliphatic heterocycles. The van der Waals surface area contributed by atoms with Gasteiger partial charge >= 0.3 is 0 Å². The highest BCUT2D eigenvalue weighted by Gasteiger charge is 2.12. The molecule has 0 unspecified atom stereocenters. The van der Waals surface area contributed by atoms with E-state index in [1.165, 1.54) is 0 Å². The zero-order chi connectivity index (χ0) is 22.3. The topological polar surface area (TPSA) is 27.7 Å². The van der Waals surface area contributed by atoms with Crippen LogP contribution in [0.5, 0.6) is 17.2 Å². The van der Waals surface area contributed by atoms with E-state index >= 15 is 0 Å². The first-order valence-electron chi connectivity index (χ1n) is 10.1. The first kappa shape index (κ1) is 20.9. The molecule has 0 bridgehead atoms. The summed E-state index contributed by atoms with van der Waals surface area (Å²) in [6, 6.07) is 26.0. The van der Waals surface area contributed by atoms with E-state index in [0.717, 1.165) is 33.0 Å². The molecular formula is C29H22O3. The van der Waals surface area contributed by atoms with Gasteiger partial charge in [-0.15, -0.1) is 0 Å². The van der Waals surface area contributed by atoms with E-state index in [9.17, 15) is 0 Å². The smallest absolute Gasteiger partial charge is 0.203 e. The quantitative estimate of drug-likeness (QED) is 0.402. The molecule has 0 fully saturated rings. The van der Waals surface area contributed by atoms with Crippen molar-refractivity contribution in [3.8, 4) is 40.9 Å². The molecule has 0 saturated carbocycles. The van der Waals surface area contributed by atoms with Gasteiger partial charge in [-0.1, -0.05) is 54.0 Å². The summed E-state index contributed by atoms with van der Waals surface area (Å²) >= 11 is 0. The molecule has 0 aromatic heterocycles. The molecule has 0 radical (unpaired) electrons. The summed E-state index contributed by atoms with van der Waals surface area (Å²) in [6.07, 6.45) is 0. The van der Waals surface area contributed by atoms with E-state index in [0.29, 0.717) is 17.2 Å². The molecule has 0 saturated heterocycles. The van der Waals surface area contributed by atoms with Crippen molar-refractivity contribution < 1.29 is 14.2 Å². The van der Waals surface area contributed by atoms with Crippen LogP contribution in [0.4, 0.5) is 0 Å². The molecule has 0 N–H and O–H groups in total. The van der Waals surface area contributed by atoms with Crippen LogP contribution in [0.3, 0.4) is 0 Å². The number of benzene rings is 4. The Kier molecular flexibility index (Phi) is 6.30. The van der Waals surface area contributed by atoms with Gasteiger partial charge in [0.2, 0.25) is 5.75 Å². The summed E-state index contributed by atoms with van der Waals surface area (Å²) in [4.78, 5) is 0. The lowest BCUT2D eigenvalue weighted by Gasteiger charge is -2.12. The van der Waals surface area contributed by atoms with Gasteiger partial charge in [-0.3, -0.25) is 0 Å². The largest absolute Gasteiger partial charge is 0.493 e. The third kappa shape index (κ3) is 4.69. The fourth-order valence-electron chi connectivity index (χ4n) is 3.37. The number of hydrogen-bond donors (Lipinski definition) is 0. The normalized spacial score (nSPS) is 9.84. The monoisotopic (exact) mass is 418 g/mol. The van der Waals surface area contributed by atoms with Crippen molar-refractivity contribution in [1.82, 2.24) is 0 Å². The van der Waals surface area contributed by atoms with Gasteiger partial charge in [0, 0.05) is 22.3 Å². The lowest BCUT2D eigenvalue weighted by Crippen LogP contribution is -1.95. The highest BCUT2D eigenvalue weighted by molar-refractivity contribution is 5.85. The van der Waals surface area contributed by atoms with E-state index in [1.807, 2.05) is 54.6 Å². The van der Waals surface area contributed by atoms with Gasteiger partial charge in [0.25, 0.3) is 0 Å². The van der Waals surface area contributed by atoms with Crippen LogP contribution < -0.4 is 14.2 Å². The Morgan fingerprint density at radius 1 is 0.469 bits per heavy atom. The average molecular weight is 418 g/mol. The lowest BCUT2D eigenvalue weighted by atomic mass is 10.0. The van der Waals surface area contributed by atoms with Crippen LogP contribution in [0.15, 0.2) is 78.9 Å². The Balaban J connectivity index is 1.65. The van der Waals surface area contributed by atoms with Gasteiger partial charge in [0.1, 0.15) is 0 Å². The molecule has 0 atom stereocenters. The number of fused-ring (bicyclic) bond motifs is 1. The maximum absolute atomic E-state index is 5.41. The molecule has 0 spiro atoms. The maximum atomic E-state index is 5.41. The SMILES string of the molecule is COc1cc(C#Cc2ccc3ccc(C#Cc4ccccc4)cc3c2)cc(OC)c1OC. The van der Waals surface area contributed by atoms with Crippen LogP contribution in [-0.4, -0.2) is 21.3 Å². The molecule has 0 aliphatic carbocycles. The predicted octanol–water partition coefficient (Wildman–Crippen LogP) is 5.67. The summed E-state index contributed by atoms with van der Waals surface area (Å²) in [5.74, 6) is 14.6. The number of rotatable bonds is 3. The fraction of sp³-hybridized carbons (Fsp3) is 0.103. The minimum absolute atomic E-state index is 0.551. The van der Waals surface area contributed by atoms with Crippen LogP contribution in [0.2, 0.25) is 0 Å². The number of methoxy groups -OCH3 is 3. The van der Waals surface area contributed by atoms with E-state index in [4.69, 9.17) is 14.2 Å². The fourth-order valence-corrected chi connectivity index (χ4v) is 3.37. The third-order valence-electron chi connectivity index (χ3n) is 4.98. The van der Waals surface area contributed by atoms with Gasteiger partial charge in [0.15, 0.2) is 11.5 Å². The van der Waals surface area contributed by atoms with Crippen LogP contribution in [-0.2, 0) is 0 Å². The summed E-state index contributed by atoms with van der Waals surface area (Å²) in [6.45, 7) is 0. The zero-order valence-corrected chi connectivity index (χ0v) is 18.2. The second-order valence-corrected chi connectivity index (χ2v) is 7.06. The minimum Gasteiger partial charge on any atom is -0.493 e. The molecular weight excluding hydrogens is 396 g/mol. The summed E-state index contributed by atoms with van der Waals surface area (Å²) in [5.41, 5.74) is 3.66. The lowest BCUT2D eigenvalue weighted by molar-refractivity contribution is 0.324. The Morgan fingerprint density at radius 3 is 1.53 bits per heavy atom. The Bertz CT molecular complexity index is 1360. The minimum atomic E-state index is 0.551. The van der Waals surface area contributed by atoms with Crippen molar-refractivity contribution in [2.24, 2.45) is 0 Å². The maximum Gasteiger partial charge on any atom is 0.203 e. The van der Waals surface area contributed by atoms with E-state index < -0.39 is 0 Å². The van der Waals surface area contributed by atoms with Gasteiger partial charge < -0.3 is 14.2 Å². The second-order valence-electron chi connectivity index (χ2n) is 7.06. The molecule has 0 amide bonds. The molecule has 3 nitrogen and oxygen atoms in total. The molecule has 156 valence electrons. The number of hydrogen-bond acceptors (Lipinski definition) is 3. The van der Waals surface area contributed by atoms with Crippen molar-refractivity contribution in [2.45, 2.75) is 0 Å². The molecule has 4 aromatic carbocycles. The van der Waals surface area contributed by atoms with Gasteiger partial charge in [-0.05, 0) is 59.3 Å². The molecule has 32 heavy (non-hydrogen) atoms. The standard InChI is InChI=1S/C29H22O3/c1-30-27-19-24(20-28(31-2)29(27)32-3)12-11-23-14-16-25-15-13-22(17-26(25)18-23)10-9-21-7-5-4-6-8-21/h4-8,13-20H,1-3H3. The Morgan fingerprint density at radius 2 is 1.00 bits per heavy atom. The van der Waals surface area contributed by atoms with Gasteiger partial charge in [-0.25, -0.2) is 0 Å². The first-order chi connectivity index (χ1) is 15.7. The second kappa shape index (κ2) is 9.65. The zero-order valence-electron chi connectivity index (χ0n) is 18.2. The average Bonchev–Trinajstić information content (AvgIpc) is 2.85. The first-order valence-corrected chi connectivity index (χ1v) is 10.1. The summed E-state index contributed by atoms with van der Waals surface area (Å²) < 4.78 is 16.2. The van der Waals surface area contributed by atoms with Crippen LogP contribution in [0, 0.1) is 23.7 Å². The highest BCUT2D eigenvalue weighted by Crippen LogP contribution is 2.37. The van der Waals surface area contributed by atoms with Crippen molar-refractivity contribution in [2.75, 3.05) is 21.3 Å². The van der Waals surface area contributed by atoms with Crippen molar-refractivity contribution >= 4 is 10.8 Å². The Hall–Kier alpha value is -4.34. The van der Waals surface area contributed by atoms with Crippen molar-refractivity contribution in [3.05, 3.63) is 101 Å². The van der Waals surface area contributed by atoms with E-state index in [-0.39, 0.29) is 0 Å². The van der Waals surface area contributed by atoms with Crippen molar-refractivity contribution in [1.29, 1.82) is 0 Å². The molecule has 3 heteroatoms. The third-order valence-corrected chi connectivity index (χ3v) is 4.98. The highest BCUT2D eigenvalue weighted by atomic mass is 16.5. The summed E-state index contributed by atoms with van der Waals surface area (Å²) in [5, 5.41) is 2.25.